The Morgan fingerprint density at radius 1 is 1.06 bits per heavy atom. The minimum absolute atomic E-state index is 0.393. The molecule has 2 fully saturated rings. The van der Waals surface area contributed by atoms with Crippen LogP contribution in [-0.4, -0.2) is 11.0 Å². The number of hydrogen-bond acceptors (Lipinski definition) is 2. The Bertz CT molecular complexity index is 401. The standard InChI is InChI=1S/C15H18OS/c16-14-10-9-13-12(14)7-4-8-15(13)17-11-5-2-1-3-6-11/h1-3,5-6,12-13,15H,4,7-10H2/t12-,13+,15+/m1/s1. The summed E-state index contributed by atoms with van der Waals surface area (Å²) in [6, 6.07) is 10.6. The maximum atomic E-state index is 11.8. The molecule has 2 aliphatic rings. The quantitative estimate of drug-likeness (QED) is 0.786. The summed E-state index contributed by atoms with van der Waals surface area (Å²) in [6.07, 6.45) is 5.63. The van der Waals surface area contributed by atoms with E-state index in [9.17, 15) is 4.79 Å². The van der Waals surface area contributed by atoms with Crippen LogP contribution in [0.3, 0.4) is 0 Å². The fourth-order valence-electron chi connectivity index (χ4n) is 3.33. The maximum Gasteiger partial charge on any atom is 0.136 e. The number of rotatable bonds is 2. The van der Waals surface area contributed by atoms with Gasteiger partial charge in [-0.05, 0) is 37.3 Å². The highest BCUT2D eigenvalue weighted by Gasteiger charge is 2.41. The van der Waals surface area contributed by atoms with Crippen LogP contribution in [0.25, 0.3) is 0 Å². The average molecular weight is 246 g/mol. The van der Waals surface area contributed by atoms with Crippen LogP contribution < -0.4 is 0 Å². The topological polar surface area (TPSA) is 17.1 Å². The Hall–Kier alpha value is -0.760. The molecule has 2 heteroatoms. The summed E-state index contributed by atoms with van der Waals surface area (Å²) in [7, 11) is 0. The molecule has 0 aromatic heterocycles. The normalized spacial score (nSPS) is 32.5. The van der Waals surface area contributed by atoms with Crippen molar-refractivity contribution in [1.29, 1.82) is 0 Å². The van der Waals surface area contributed by atoms with Gasteiger partial charge in [-0.3, -0.25) is 4.79 Å². The number of fused-ring (bicyclic) bond motifs is 1. The van der Waals surface area contributed by atoms with Crippen molar-refractivity contribution in [3.05, 3.63) is 30.3 Å². The van der Waals surface area contributed by atoms with Crippen molar-refractivity contribution in [2.45, 2.75) is 42.2 Å². The van der Waals surface area contributed by atoms with Crippen LogP contribution in [-0.2, 0) is 4.79 Å². The predicted molar refractivity (Wildman–Crippen MR) is 71.2 cm³/mol. The minimum atomic E-state index is 0.393. The van der Waals surface area contributed by atoms with Crippen LogP contribution in [0.2, 0.25) is 0 Å². The van der Waals surface area contributed by atoms with E-state index < -0.39 is 0 Å². The van der Waals surface area contributed by atoms with Gasteiger partial charge in [0.2, 0.25) is 0 Å². The van der Waals surface area contributed by atoms with E-state index in [0.29, 0.717) is 22.9 Å². The summed E-state index contributed by atoms with van der Waals surface area (Å²) < 4.78 is 0. The molecule has 0 heterocycles. The first-order valence-electron chi connectivity index (χ1n) is 6.59. The number of carbonyl (C=O) groups excluding carboxylic acids is 1. The Labute approximate surface area is 107 Å². The maximum absolute atomic E-state index is 11.8. The van der Waals surface area contributed by atoms with Gasteiger partial charge >= 0.3 is 0 Å². The van der Waals surface area contributed by atoms with E-state index in [2.05, 4.69) is 30.3 Å². The Morgan fingerprint density at radius 3 is 2.71 bits per heavy atom. The van der Waals surface area contributed by atoms with E-state index in [1.807, 2.05) is 11.8 Å². The van der Waals surface area contributed by atoms with Crippen LogP contribution >= 0.6 is 11.8 Å². The van der Waals surface area contributed by atoms with E-state index in [1.165, 1.54) is 17.7 Å². The van der Waals surface area contributed by atoms with E-state index in [0.717, 1.165) is 19.3 Å². The zero-order valence-corrected chi connectivity index (χ0v) is 10.8. The summed E-state index contributed by atoms with van der Waals surface area (Å²) in [6.45, 7) is 0. The number of hydrogen-bond donors (Lipinski definition) is 0. The van der Waals surface area contributed by atoms with E-state index in [1.54, 1.807) is 0 Å². The lowest BCUT2D eigenvalue weighted by Gasteiger charge is -2.32. The smallest absolute Gasteiger partial charge is 0.136 e. The minimum Gasteiger partial charge on any atom is -0.299 e. The van der Waals surface area contributed by atoms with Gasteiger partial charge in [0.05, 0.1) is 0 Å². The second kappa shape index (κ2) is 4.85. The van der Waals surface area contributed by atoms with Crippen molar-refractivity contribution in [2.24, 2.45) is 11.8 Å². The molecule has 0 radical (unpaired) electrons. The molecule has 3 atom stereocenters. The third-order valence-electron chi connectivity index (χ3n) is 4.17. The van der Waals surface area contributed by atoms with E-state index in [4.69, 9.17) is 0 Å². The van der Waals surface area contributed by atoms with E-state index in [-0.39, 0.29) is 0 Å². The molecule has 2 saturated carbocycles. The largest absolute Gasteiger partial charge is 0.299 e. The van der Waals surface area contributed by atoms with Gasteiger partial charge in [0.1, 0.15) is 5.78 Å². The average Bonchev–Trinajstić information content (AvgIpc) is 2.74. The first-order chi connectivity index (χ1) is 8.34. The lowest BCUT2D eigenvalue weighted by Crippen LogP contribution is -2.29. The SMILES string of the molecule is O=C1CC[C@@H]2[C@@H](Sc3ccccc3)CCC[C@@H]12. The van der Waals surface area contributed by atoms with Crippen LogP contribution in [0, 0.1) is 11.8 Å². The van der Waals surface area contributed by atoms with Gasteiger partial charge in [0.25, 0.3) is 0 Å². The Kier molecular flexibility index (Phi) is 3.24. The van der Waals surface area contributed by atoms with Crippen molar-refractivity contribution in [3.63, 3.8) is 0 Å². The van der Waals surface area contributed by atoms with Crippen molar-refractivity contribution >= 4 is 17.5 Å². The summed E-state index contributed by atoms with van der Waals surface area (Å²) in [5.41, 5.74) is 0. The molecule has 2 aliphatic carbocycles. The van der Waals surface area contributed by atoms with Crippen LogP contribution in [0.5, 0.6) is 0 Å². The third-order valence-corrected chi connectivity index (χ3v) is 5.60. The monoisotopic (exact) mass is 246 g/mol. The fraction of sp³-hybridized carbons (Fsp3) is 0.533. The van der Waals surface area contributed by atoms with Crippen molar-refractivity contribution < 1.29 is 4.79 Å². The van der Waals surface area contributed by atoms with Crippen molar-refractivity contribution in [3.8, 4) is 0 Å². The molecule has 0 saturated heterocycles. The van der Waals surface area contributed by atoms with Gasteiger partial charge in [0, 0.05) is 22.5 Å². The highest BCUT2D eigenvalue weighted by Crippen LogP contribution is 2.46. The lowest BCUT2D eigenvalue weighted by molar-refractivity contribution is -0.121. The third kappa shape index (κ3) is 2.28. The first-order valence-corrected chi connectivity index (χ1v) is 7.47. The molecule has 1 aromatic rings. The molecular weight excluding hydrogens is 228 g/mol. The van der Waals surface area contributed by atoms with Crippen LogP contribution in [0.4, 0.5) is 0 Å². The van der Waals surface area contributed by atoms with Gasteiger partial charge in [-0.25, -0.2) is 0 Å². The summed E-state index contributed by atoms with van der Waals surface area (Å²) in [4.78, 5) is 13.2. The molecule has 0 unspecified atom stereocenters. The second-order valence-electron chi connectivity index (χ2n) is 5.18. The van der Waals surface area contributed by atoms with Gasteiger partial charge in [-0.2, -0.15) is 0 Å². The zero-order valence-electron chi connectivity index (χ0n) is 9.97. The number of thioether (sulfide) groups is 1. The Balaban J connectivity index is 1.73. The molecule has 90 valence electrons. The Morgan fingerprint density at radius 2 is 1.88 bits per heavy atom. The number of Topliss-reactive ketones (excluding diaryl/α,β-unsaturated/α-hetero) is 1. The van der Waals surface area contributed by atoms with Gasteiger partial charge in [0.15, 0.2) is 0 Å². The predicted octanol–water partition coefficient (Wildman–Crippen LogP) is 3.93. The van der Waals surface area contributed by atoms with Gasteiger partial charge < -0.3 is 0 Å². The molecule has 0 N–H and O–H groups in total. The molecule has 0 bridgehead atoms. The van der Waals surface area contributed by atoms with Crippen LogP contribution in [0.15, 0.2) is 35.2 Å². The highest BCUT2D eigenvalue weighted by atomic mass is 32.2. The highest BCUT2D eigenvalue weighted by molar-refractivity contribution is 8.00. The number of carbonyl (C=O) groups is 1. The molecule has 17 heavy (non-hydrogen) atoms. The summed E-state index contributed by atoms with van der Waals surface area (Å²) >= 11 is 1.99. The van der Waals surface area contributed by atoms with Crippen molar-refractivity contribution in [2.75, 3.05) is 0 Å². The molecule has 1 nitrogen and oxygen atoms in total. The summed E-state index contributed by atoms with van der Waals surface area (Å²) in [5, 5.41) is 0.669. The zero-order chi connectivity index (χ0) is 11.7. The molecule has 0 aliphatic heterocycles. The first kappa shape index (κ1) is 11.3. The second-order valence-corrected chi connectivity index (χ2v) is 6.49. The molecular formula is C15H18OS. The molecule has 0 spiro atoms. The van der Waals surface area contributed by atoms with E-state index >= 15 is 0 Å². The summed E-state index contributed by atoms with van der Waals surface area (Å²) in [5.74, 6) is 1.58. The van der Waals surface area contributed by atoms with Crippen LogP contribution in [0.1, 0.15) is 32.1 Å². The molecule has 3 rings (SSSR count). The molecule has 0 amide bonds. The lowest BCUT2D eigenvalue weighted by atomic mass is 9.81. The molecule has 1 aromatic carbocycles. The number of benzene rings is 1. The van der Waals surface area contributed by atoms with Gasteiger partial charge in [-0.1, -0.05) is 24.6 Å². The number of ketones is 1. The van der Waals surface area contributed by atoms with Crippen molar-refractivity contribution in [1.82, 2.24) is 0 Å². The fourth-order valence-corrected chi connectivity index (χ4v) is 4.78. The van der Waals surface area contributed by atoms with Gasteiger partial charge in [-0.15, -0.1) is 11.8 Å².